The van der Waals surface area contributed by atoms with Crippen LogP contribution in [0.4, 0.5) is 10.1 Å². The molecule has 1 heterocycles. The highest BCUT2D eigenvalue weighted by atomic mass is 19.1. The van der Waals surface area contributed by atoms with E-state index in [2.05, 4.69) is 20.4 Å². The summed E-state index contributed by atoms with van der Waals surface area (Å²) in [6, 6.07) is 6.45. The van der Waals surface area contributed by atoms with Gasteiger partial charge in [-0.05, 0) is 31.9 Å². The number of para-hydroxylation sites is 1. The fourth-order valence-electron chi connectivity index (χ4n) is 3.12. The number of nitrogens with one attached hydrogen (secondary N) is 2. The van der Waals surface area contributed by atoms with Crippen molar-refractivity contribution < 1.29 is 14.0 Å². The summed E-state index contributed by atoms with van der Waals surface area (Å²) in [7, 11) is 0. The summed E-state index contributed by atoms with van der Waals surface area (Å²) >= 11 is 0. The Morgan fingerprint density at radius 2 is 1.88 bits per heavy atom. The molecule has 2 amide bonds. The van der Waals surface area contributed by atoms with Crippen LogP contribution in [-0.4, -0.2) is 66.4 Å². The van der Waals surface area contributed by atoms with Crippen LogP contribution in [0.5, 0.6) is 0 Å². The third-order valence-corrected chi connectivity index (χ3v) is 5.06. The molecule has 1 saturated heterocycles. The number of hydrogen-bond donors (Lipinski definition) is 2. The number of nitrogens with zero attached hydrogens (tertiary/aromatic N) is 2. The molecule has 7 heteroatoms. The van der Waals surface area contributed by atoms with Gasteiger partial charge in [-0.25, -0.2) is 4.39 Å². The van der Waals surface area contributed by atoms with Gasteiger partial charge in [0.05, 0.1) is 11.7 Å². The minimum atomic E-state index is -0.423. The van der Waals surface area contributed by atoms with Gasteiger partial charge in [-0.2, -0.15) is 0 Å². The summed E-state index contributed by atoms with van der Waals surface area (Å²) in [6.07, 6.45) is 2.52. The predicted octanol–water partition coefficient (Wildman–Crippen LogP) is 1.44. The summed E-state index contributed by atoms with van der Waals surface area (Å²) in [6.45, 7) is 5.87. The molecule has 142 valence electrons. The van der Waals surface area contributed by atoms with Gasteiger partial charge in [0.25, 0.3) is 0 Å². The molecule has 0 unspecified atom stereocenters. The number of hydrogen-bond acceptors (Lipinski definition) is 4. The lowest BCUT2D eigenvalue weighted by Gasteiger charge is -2.37. The van der Waals surface area contributed by atoms with Crippen LogP contribution in [0.25, 0.3) is 0 Å². The maximum atomic E-state index is 13.5. The van der Waals surface area contributed by atoms with Gasteiger partial charge < -0.3 is 15.5 Å². The Labute approximate surface area is 153 Å². The first-order valence-electron chi connectivity index (χ1n) is 9.34. The monoisotopic (exact) mass is 362 g/mol. The second-order valence-electron chi connectivity index (χ2n) is 7.11. The zero-order valence-electron chi connectivity index (χ0n) is 15.2. The highest BCUT2D eigenvalue weighted by Gasteiger charge is 2.29. The van der Waals surface area contributed by atoms with Crippen molar-refractivity contribution in [3.05, 3.63) is 30.1 Å². The molecule has 6 nitrogen and oxygen atoms in total. The van der Waals surface area contributed by atoms with E-state index in [0.29, 0.717) is 19.0 Å². The second kappa shape index (κ2) is 8.60. The zero-order chi connectivity index (χ0) is 18.5. The molecule has 1 aromatic rings. The largest absolute Gasteiger partial charge is 0.352 e. The molecular weight excluding hydrogens is 335 g/mol. The molecule has 0 radical (unpaired) electrons. The van der Waals surface area contributed by atoms with Crippen LogP contribution in [0.3, 0.4) is 0 Å². The van der Waals surface area contributed by atoms with E-state index >= 15 is 0 Å². The maximum Gasteiger partial charge on any atom is 0.237 e. The maximum absolute atomic E-state index is 13.5. The predicted molar refractivity (Wildman–Crippen MR) is 98.3 cm³/mol. The van der Waals surface area contributed by atoms with E-state index in [1.807, 2.05) is 6.92 Å². The summed E-state index contributed by atoms with van der Waals surface area (Å²) in [5.74, 6) is -0.493. The number of amides is 2. The van der Waals surface area contributed by atoms with E-state index < -0.39 is 5.82 Å². The van der Waals surface area contributed by atoms with Crippen molar-refractivity contribution in [1.82, 2.24) is 15.1 Å². The van der Waals surface area contributed by atoms with E-state index in [4.69, 9.17) is 0 Å². The van der Waals surface area contributed by atoms with Crippen molar-refractivity contribution >= 4 is 17.5 Å². The zero-order valence-corrected chi connectivity index (χ0v) is 15.2. The number of piperazine rings is 1. The number of carbonyl (C=O) groups is 2. The van der Waals surface area contributed by atoms with Gasteiger partial charge >= 0.3 is 0 Å². The summed E-state index contributed by atoms with van der Waals surface area (Å²) in [5, 5.41) is 5.66. The van der Waals surface area contributed by atoms with E-state index in [0.717, 1.165) is 39.0 Å². The molecule has 0 bridgehead atoms. The Morgan fingerprint density at radius 3 is 2.54 bits per heavy atom. The van der Waals surface area contributed by atoms with Gasteiger partial charge in [0.15, 0.2) is 0 Å². The molecule has 26 heavy (non-hydrogen) atoms. The van der Waals surface area contributed by atoms with E-state index in [9.17, 15) is 14.0 Å². The Kier molecular flexibility index (Phi) is 6.21. The number of anilines is 1. The molecule has 1 saturated carbocycles. The fourth-order valence-corrected chi connectivity index (χ4v) is 3.12. The Hall–Kier alpha value is -1.99. The summed E-state index contributed by atoms with van der Waals surface area (Å²) < 4.78 is 13.5. The first-order valence-corrected chi connectivity index (χ1v) is 9.34. The lowest BCUT2D eigenvalue weighted by Crippen LogP contribution is -2.54. The lowest BCUT2D eigenvalue weighted by molar-refractivity contribution is -0.126. The molecule has 3 rings (SSSR count). The van der Waals surface area contributed by atoms with Crippen LogP contribution >= 0.6 is 0 Å². The smallest absolute Gasteiger partial charge is 0.237 e. The molecule has 0 aromatic heterocycles. The Bertz CT molecular complexity index is 642. The average molecular weight is 362 g/mol. The minimum absolute atomic E-state index is 0.109. The van der Waals surface area contributed by atoms with Gasteiger partial charge in [0.2, 0.25) is 11.8 Å². The van der Waals surface area contributed by atoms with Crippen LogP contribution < -0.4 is 10.6 Å². The van der Waals surface area contributed by atoms with E-state index in [1.54, 1.807) is 18.2 Å². The van der Waals surface area contributed by atoms with Crippen molar-refractivity contribution in [1.29, 1.82) is 0 Å². The summed E-state index contributed by atoms with van der Waals surface area (Å²) in [4.78, 5) is 28.5. The van der Waals surface area contributed by atoms with Gasteiger partial charge in [0.1, 0.15) is 5.82 Å². The molecule has 1 aliphatic carbocycles. The first-order chi connectivity index (χ1) is 12.5. The Balaban J connectivity index is 1.36. The van der Waals surface area contributed by atoms with Crippen LogP contribution in [0.1, 0.15) is 26.2 Å². The van der Waals surface area contributed by atoms with Crippen molar-refractivity contribution in [3.63, 3.8) is 0 Å². The van der Waals surface area contributed by atoms with Crippen molar-refractivity contribution in [2.75, 3.05) is 38.0 Å². The molecule has 1 aromatic carbocycles. The molecule has 2 N–H and O–H groups in total. The van der Waals surface area contributed by atoms with Crippen LogP contribution in [0.2, 0.25) is 0 Å². The van der Waals surface area contributed by atoms with E-state index in [-0.39, 0.29) is 23.5 Å². The quantitative estimate of drug-likeness (QED) is 0.770. The SMILES string of the molecule is C[C@H](C(=O)NC1CC1)N1CCN(CCC(=O)Nc2ccccc2F)CC1. The number of carbonyl (C=O) groups excluding carboxylic acids is 2. The molecule has 1 atom stereocenters. The molecule has 2 fully saturated rings. The van der Waals surface area contributed by atoms with Crippen LogP contribution in [0, 0.1) is 5.82 Å². The number of rotatable bonds is 7. The molecule has 1 aliphatic heterocycles. The highest BCUT2D eigenvalue weighted by Crippen LogP contribution is 2.19. The normalized spacial score (nSPS) is 19.8. The highest BCUT2D eigenvalue weighted by molar-refractivity contribution is 5.90. The van der Waals surface area contributed by atoms with Gasteiger partial charge in [-0.3, -0.25) is 14.5 Å². The average Bonchev–Trinajstić information content (AvgIpc) is 3.46. The number of halogens is 1. The fraction of sp³-hybridized carbons (Fsp3) is 0.579. The van der Waals surface area contributed by atoms with Crippen LogP contribution in [0.15, 0.2) is 24.3 Å². The van der Waals surface area contributed by atoms with Crippen molar-refractivity contribution in [3.8, 4) is 0 Å². The van der Waals surface area contributed by atoms with Gasteiger partial charge in [-0.15, -0.1) is 0 Å². The Morgan fingerprint density at radius 1 is 1.19 bits per heavy atom. The van der Waals surface area contributed by atoms with E-state index in [1.165, 1.54) is 6.07 Å². The standard InChI is InChI=1S/C19H27FN4O2/c1-14(19(26)21-15-6-7-15)24-12-10-23(11-13-24)9-8-18(25)22-17-5-3-2-4-16(17)20/h2-5,14-15H,6-13H2,1H3,(H,21,26)(H,22,25)/t14-/m1/s1. The second-order valence-corrected chi connectivity index (χ2v) is 7.11. The molecular formula is C19H27FN4O2. The third kappa shape index (κ3) is 5.25. The minimum Gasteiger partial charge on any atom is -0.352 e. The lowest BCUT2D eigenvalue weighted by atomic mass is 10.2. The molecule has 2 aliphatic rings. The third-order valence-electron chi connectivity index (χ3n) is 5.06. The topological polar surface area (TPSA) is 64.7 Å². The summed E-state index contributed by atoms with van der Waals surface area (Å²) in [5.41, 5.74) is 0.220. The van der Waals surface area contributed by atoms with Crippen molar-refractivity contribution in [2.45, 2.75) is 38.3 Å². The molecule has 0 spiro atoms. The van der Waals surface area contributed by atoms with Crippen molar-refractivity contribution in [2.24, 2.45) is 0 Å². The van der Waals surface area contributed by atoms with Crippen LogP contribution in [-0.2, 0) is 9.59 Å². The first kappa shape index (κ1) is 18.8. The number of benzene rings is 1. The van der Waals surface area contributed by atoms with Gasteiger partial charge in [0, 0.05) is 45.2 Å². The van der Waals surface area contributed by atoms with Gasteiger partial charge in [-0.1, -0.05) is 12.1 Å².